The molecule has 1 aliphatic heterocycles. The van der Waals surface area contributed by atoms with Crippen molar-refractivity contribution < 1.29 is 14.3 Å². The predicted molar refractivity (Wildman–Crippen MR) is 97.9 cm³/mol. The van der Waals surface area contributed by atoms with Gasteiger partial charge < -0.3 is 14.8 Å². The van der Waals surface area contributed by atoms with Gasteiger partial charge >= 0.3 is 0 Å². The maximum atomic E-state index is 12.6. The Bertz CT molecular complexity index is 755. The molecule has 2 atom stereocenters. The molecule has 0 unspecified atom stereocenters. The highest BCUT2D eigenvalue weighted by molar-refractivity contribution is 5.81. The lowest BCUT2D eigenvalue weighted by atomic mass is 9.89. The fourth-order valence-electron chi connectivity index (χ4n) is 3.15. The van der Waals surface area contributed by atoms with Crippen molar-refractivity contribution in [1.29, 1.82) is 0 Å². The highest BCUT2D eigenvalue weighted by Crippen LogP contribution is 2.39. The summed E-state index contributed by atoms with van der Waals surface area (Å²) in [6, 6.07) is 15.4. The van der Waals surface area contributed by atoms with Crippen LogP contribution in [-0.2, 0) is 4.79 Å². The summed E-state index contributed by atoms with van der Waals surface area (Å²) in [5, 5.41) is 3.13. The molecule has 2 aromatic rings. The Morgan fingerprint density at radius 1 is 1.24 bits per heavy atom. The molecular formula is C21H25NO3. The summed E-state index contributed by atoms with van der Waals surface area (Å²) in [5.74, 6) is 1.40. The molecule has 0 bridgehead atoms. The molecule has 1 amide bonds. The number of aryl methyl sites for hydroxylation is 1. The van der Waals surface area contributed by atoms with Crippen LogP contribution in [0.5, 0.6) is 11.5 Å². The molecule has 0 aliphatic carbocycles. The lowest BCUT2D eigenvalue weighted by Gasteiger charge is -2.38. The quantitative estimate of drug-likeness (QED) is 0.909. The SMILES string of the molecule is Cc1ccc2c(c1)[C@@H](NC(=O)[C@@H](C)Oc1ccccc1)CC(C)(C)O2. The average molecular weight is 339 g/mol. The first-order chi connectivity index (χ1) is 11.8. The van der Waals surface area contributed by atoms with E-state index < -0.39 is 6.10 Å². The number of amides is 1. The summed E-state index contributed by atoms with van der Waals surface area (Å²) in [6.45, 7) is 7.89. The Hall–Kier alpha value is -2.49. The second-order valence-electron chi connectivity index (χ2n) is 7.24. The molecule has 0 fully saturated rings. The molecule has 132 valence electrons. The maximum absolute atomic E-state index is 12.6. The lowest BCUT2D eigenvalue weighted by molar-refractivity contribution is -0.128. The first-order valence-electron chi connectivity index (χ1n) is 8.66. The number of carbonyl (C=O) groups excluding carboxylic acids is 1. The molecule has 0 spiro atoms. The minimum absolute atomic E-state index is 0.0898. The molecule has 25 heavy (non-hydrogen) atoms. The van der Waals surface area contributed by atoms with Gasteiger partial charge in [-0.05, 0) is 45.9 Å². The van der Waals surface area contributed by atoms with Crippen LogP contribution in [0.3, 0.4) is 0 Å². The molecular weight excluding hydrogens is 314 g/mol. The molecule has 0 saturated heterocycles. The van der Waals surface area contributed by atoms with Crippen molar-refractivity contribution in [3.8, 4) is 11.5 Å². The number of nitrogens with one attached hydrogen (secondary N) is 1. The van der Waals surface area contributed by atoms with E-state index in [0.29, 0.717) is 12.2 Å². The summed E-state index contributed by atoms with van der Waals surface area (Å²) in [5.41, 5.74) is 1.85. The number of hydrogen-bond donors (Lipinski definition) is 1. The Kier molecular flexibility index (Phi) is 4.71. The van der Waals surface area contributed by atoms with Crippen LogP contribution < -0.4 is 14.8 Å². The van der Waals surface area contributed by atoms with Crippen LogP contribution in [0.25, 0.3) is 0 Å². The molecule has 0 radical (unpaired) electrons. The number of ether oxygens (including phenoxy) is 2. The van der Waals surface area contributed by atoms with Crippen LogP contribution in [0.15, 0.2) is 48.5 Å². The Labute approximate surface area is 149 Å². The topological polar surface area (TPSA) is 47.6 Å². The number of rotatable bonds is 4. The Morgan fingerprint density at radius 3 is 2.68 bits per heavy atom. The predicted octanol–water partition coefficient (Wildman–Crippen LogP) is 4.18. The third-order valence-corrected chi connectivity index (χ3v) is 4.36. The first-order valence-corrected chi connectivity index (χ1v) is 8.66. The highest BCUT2D eigenvalue weighted by Gasteiger charge is 2.35. The van der Waals surface area contributed by atoms with Crippen LogP contribution in [-0.4, -0.2) is 17.6 Å². The third-order valence-electron chi connectivity index (χ3n) is 4.36. The van der Waals surface area contributed by atoms with E-state index in [0.717, 1.165) is 16.9 Å². The van der Waals surface area contributed by atoms with Crippen molar-refractivity contribution in [2.75, 3.05) is 0 Å². The van der Waals surface area contributed by atoms with Crippen LogP contribution in [0, 0.1) is 6.92 Å². The van der Waals surface area contributed by atoms with E-state index in [1.54, 1.807) is 6.92 Å². The second-order valence-corrected chi connectivity index (χ2v) is 7.24. The molecule has 4 nitrogen and oxygen atoms in total. The Balaban J connectivity index is 1.75. The zero-order valence-electron chi connectivity index (χ0n) is 15.2. The van der Waals surface area contributed by atoms with Gasteiger partial charge in [0.15, 0.2) is 6.10 Å². The average Bonchev–Trinajstić information content (AvgIpc) is 2.55. The van der Waals surface area contributed by atoms with Gasteiger partial charge in [-0.25, -0.2) is 0 Å². The zero-order chi connectivity index (χ0) is 18.0. The summed E-state index contributed by atoms with van der Waals surface area (Å²) in [6.07, 6.45) is 0.148. The van der Waals surface area contributed by atoms with Gasteiger partial charge in [-0.2, -0.15) is 0 Å². The summed E-state index contributed by atoms with van der Waals surface area (Å²) < 4.78 is 11.8. The van der Waals surface area contributed by atoms with Crippen LogP contribution in [0.4, 0.5) is 0 Å². The van der Waals surface area contributed by atoms with Gasteiger partial charge in [-0.3, -0.25) is 4.79 Å². The van der Waals surface area contributed by atoms with Crippen molar-refractivity contribution in [2.45, 2.75) is 51.9 Å². The van der Waals surface area contributed by atoms with E-state index in [2.05, 4.69) is 11.4 Å². The first kappa shape index (κ1) is 17.3. The molecule has 1 N–H and O–H groups in total. The van der Waals surface area contributed by atoms with E-state index in [4.69, 9.17) is 9.47 Å². The molecule has 0 saturated carbocycles. The van der Waals surface area contributed by atoms with Gasteiger partial charge in [-0.15, -0.1) is 0 Å². The number of carbonyl (C=O) groups is 1. The van der Waals surface area contributed by atoms with E-state index in [9.17, 15) is 4.79 Å². The number of para-hydroxylation sites is 1. The molecule has 0 aromatic heterocycles. The number of fused-ring (bicyclic) bond motifs is 1. The minimum Gasteiger partial charge on any atom is -0.487 e. The van der Waals surface area contributed by atoms with Crippen LogP contribution in [0.2, 0.25) is 0 Å². The zero-order valence-corrected chi connectivity index (χ0v) is 15.2. The van der Waals surface area contributed by atoms with E-state index in [1.165, 1.54) is 0 Å². The summed E-state index contributed by atoms with van der Waals surface area (Å²) in [4.78, 5) is 12.6. The summed E-state index contributed by atoms with van der Waals surface area (Å²) >= 11 is 0. The molecule has 2 aromatic carbocycles. The third kappa shape index (κ3) is 4.13. The maximum Gasteiger partial charge on any atom is 0.261 e. The minimum atomic E-state index is -0.568. The van der Waals surface area contributed by atoms with Crippen LogP contribution in [0.1, 0.15) is 44.4 Å². The van der Waals surface area contributed by atoms with Crippen molar-refractivity contribution in [3.05, 3.63) is 59.7 Å². The second kappa shape index (κ2) is 6.79. The number of benzene rings is 2. The Morgan fingerprint density at radius 2 is 1.96 bits per heavy atom. The lowest BCUT2D eigenvalue weighted by Crippen LogP contribution is -2.44. The van der Waals surface area contributed by atoms with Gasteiger partial charge in [0.25, 0.3) is 5.91 Å². The molecule has 4 heteroatoms. The largest absolute Gasteiger partial charge is 0.487 e. The monoisotopic (exact) mass is 339 g/mol. The van der Waals surface area contributed by atoms with Gasteiger partial charge in [-0.1, -0.05) is 35.9 Å². The van der Waals surface area contributed by atoms with Crippen molar-refractivity contribution >= 4 is 5.91 Å². The van der Waals surface area contributed by atoms with Crippen molar-refractivity contribution in [1.82, 2.24) is 5.32 Å². The van der Waals surface area contributed by atoms with Crippen LogP contribution >= 0.6 is 0 Å². The smallest absolute Gasteiger partial charge is 0.261 e. The van der Waals surface area contributed by atoms with E-state index in [-0.39, 0.29) is 17.6 Å². The molecule has 3 rings (SSSR count). The fraction of sp³-hybridized carbons (Fsp3) is 0.381. The number of hydrogen-bond acceptors (Lipinski definition) is 3. The van der Waals surface area contributed by atoms with E-state index >= 15 is 0 Å². The van der Waals surface area contributed by atoms with Gasteiger partial charge in [0.2, 0.25) is 0 Å². The van der Waals surface area contributed by atoms with Gasteiger partial charge in [0.1, 0.15) is 17.1 Å². The highest BCUT2D eigenvalue weighted by atomic mass is 16.5. The molecule has 1 aliphatic rings. The van der Waals surface area contributed by atoms with Gasteiger partial charge in [0, 0.05) is 12.0 Å². The molecule has 1 heterocycles. The fourth-order valence-corrected chi connectivity index (χ4v) is 3.15. The summed E-state index contributed by atoms with van der Waals surface area (Å²) in [7, 11) is 0. The standard InChI is InChI=1S/C21H25NO3/c1-14-10-11-19-17(12-14)18(13-21(3,4)25-19)22-20(23)15(2)24-16-8-6-5-7-9-16/h5-12,15,18H,13H2,1-4H3,(H,22,23)/t15-,18+/m1/s1. The van der Waals surface area contributed by atoms with Gasteiger partial charge in [0.05, 0.1) is 6.04 Å². The van der Waals surface area contributed by atoms with Crippen molar-refractivity contribution in [3.63, 3.8) is 0 Å². The van der Waals surface area contributed by atoms with Crippen molar-refractivity contribution in [2.24, 2.45) is 0 Å². The normalized spacial score (nSPS) is 19.3. The van der Waals surface area contributed by atoms with E-state index in [1.807, 2.05) is 63.2 Å².